The summed E-state index contributed by atoms with van der Waals surface area (Å²) in [6.45, 7) is 3.76. The van der Waals surface area contributed by atoms with Gasteiger partial charge in [0.05, 0.1) is 50.6 Å². The van der Waals surface area contributed by atoms with E-state index in [-0.39, 0.29) is 11.8 Å². The molecule has 202 valence electrons. The van der Waals surface area contributed by atoms with E-state index < -0.39 is 15.9 Å². The molecule has 0 spiro atoms. The zero-order chi connectivity index (χ0) is 27.3. The quantitative estimate of drug-likeness (QED) is 0.439. The number of morpholine rings is 1. The SMILES string of the molecule is COc1ccc(NC(=O)Nc2ccc(-c3nc(CS(C)(=O)=O)cc(N4CCOC[C@@H]4C)n3)cc2OC)cc1. The van der Waals surface area contributed by atoms with Crippen LogP contribution < -0.4 is 25.0 Å². The molecule has 2 N–H and O–H groups in total. The number of carbonyl (C=O) groups is 1. The summed E-state index contributed by atoms with van der Waals surface area (Å²) >= 11 is 0. The van der Waals surface area contributed by atoms with Gasteiger partial charge in [0.25, 0.3) is 0 Å². The van der Waals surface area contributed by atoms with Crippen LogP contribution in [0.15, 0.2) is 48.5 Å². The lowest BCUT2D eigenvalue weighted by Gasteiger charge is -2.34. The van der Waals surface area contributed by atoms with Crippen molar-refractivity contribution in [2.45, 2.75) is 18.7 Å². The van der Waals surface area contributed by atoms with Gasteiger partial charge in [0.1, 0.15) is 17.3 Å². The fraction of sp³-hybridized carbons (Fsp3) is 0.346. The van der Waals surface area contributed by atoms with Crippen LogP contribution >= 0.6 is 0 Å². The number of hydrogen-bond acceptors (Lipinski definition) is 9. The zero-order valence-corrected chi connectivity index (χ0v) is 22.5. The van der Waals surface area contributed by atoms with Crippen LogP contribution in [0.2, 0.25) is 0 Å². The van der Waals surface area contributed by atoms with Crippen LogP contribution in [0.5, 0.6) is 11.5 Å². The second kappa shape index (κ2) is 11.7. The van der Waals surface area contributed by atoms with Gasteiger partial charge in [0, 0.05) is 30.1 Å². The Bertz CT molecular complexity index is 1400. The summed E-state index contributed by atoms with van der Waals surface area (Å²) in [5.74, 6) is 1.85. The molecule has 3 aromatic rings. The van der Waals surface area contributed by atoms with E-state index in [0.29, 0.717) is 65.5 Å². The average molecular weight is 542 g/mol. The molecular formula is C26H31N5O6S. The minimum absolute atomic E-state index is 0.0721. The number of carbonyl (C=O) groups excluding carboxylic acids is 1. The molecule has 2 heterocycles. The Labute approximate surface area is 222 Å². The average Bonchev–Trinajstić information content (AvgIpc) is 2.88. The summed E-state index contributed by atoms with van der Waals surface area (Å²) in [5.41, 5.74) is 2.04. The normalized spacial score (nSPS) is 15.6. The Morgan fingerprint density at radius 3 is 2.50 bits per heavy atom. The molecule has 0 unspecified atom stereocenters. The Morgan fingerprint density at radius 1 is 1.08 bits per heavy atom. The Hall–Kier alpha value is -3.90. The van der Waals surface area contributed by atoms with E-state index >= 15 is 0 Å². The molecule has 2 amide bonds. The highest BCUT2D eigenvalue weighted by molar-refractivity contribution is 7.89. The van der Waals surface area contributed by atoms with Crippen LogP contribution in [0.4, 0.5) is 22.0 Å². The van der Waals surface area contributed by atoms with Crippen molar-refractivity contribution in [2.24, 2.45) is 0 Å². The minimum atomic E-state index is -3.32. The number of anilines is 3. The van der Waals surface area contributed by atoms with Gasteiger partial charge in [-0.25, -0.2) is 23.2 Å². The monoisotopic (exact) mass is 541 g/mol. The largest absolute Gasteiger partial charge is 0.497 e. The lowest BCUT2D eigenvalue weighted by Crippen LogP contribution is -2.44. The number of benzene rings is 2. The third kappa shape index (κ3) is 6.90. The van der Waals surface area contributed by atoms with E-state index in [4.69, 9.17) is 19.2 Å². The van der Waals surface area contributed by atoms with E-state index in [2.05, 4.69) is 20.5 Å². The lowest BCUT2D eigenvalue weighted by atomic mass is 10.1. The first-order chi connectivity index (χ1) is 18.1. The Kier molecular flexibility index (Phi) is 8.32. The molecule has 1 atom stereocenters. The first-order valence-electron chi connectivity index (χ1n) is 12.0. The molecule has 0 radical (unpaired) electrons. The van der Waals surface area contributed by atoms with E-state index in [1.54, 1.807) is 55.6 Å². The number of amides is 2. The second-order valence-corrected chi connectivity index (χ2v) is 11.1. The number of aromatic nitrogens is 2. The summed E-state index contributed by atoms with van der Waals surface area (Å²) in [5, 5.41) is 5.54. The summed E-state index contributed by atoms with van der Waals surface area (Å²) in [4.78, 5) is 23.9. The highest BCUT2D eigenvalue weighted by Crippen LogP contribution is 2.31. The van der Waals surface area contributed by atoms with Gasteiger partial charge in [0.15, 0.2) is 15.7 Å². The van der Waals surface area contributed by atoms with Crippen molar-refractivity contribution in [3.05, 3.63) is 54.2 Å². The van der Waals surface area contributed by atoms with Gasteiger partial charge < -0.3 is 29.7 Å². The van der Waals surface area contributed by atoms with Gasteiger partial charge in [-0.1, -0.05) is 0 Å². The first-order valence-corrected chi connectivity index (χ1v) is 14.0. The highest BCUT2D eigenvalue weighted by Gasteiger charge is 2.23. The van der Waals surface area contributed by atoms with Crippen molar-refractivity contribution in [1.82, 2.24) is 9.97 Å². The Morgan fingerprint density at radius 2 is 1.84 bits per heavy atom. The molecule has 0 bridgehead atoms. The predicted molar refractivity (Wildman–Crippen MR) is 146 cm³/mol. The topological polar surface area (TPSA) is 132 Å². The molecule has 11 nitrogen and oxygen atoms in total. The van der Waals surface area contributed by atoms with Crippen LogP contribution in [-0.4, -0.2) is 70.7 Å². The molecule has 1 aliphatic rings. The maximum Gasteiger partial charge on any atom is 0.323 e. The number of ether oxygens (including phenoxy) is 3. The van der Waals surface area contributed by atoms with Gasteiger partial charge in [-0.15, -0.1) is 0 Å². The van der Waals surface area contributed by atoms with Crippen molar-refractivity contribution >= 4 is 33.1 Å². The standard InChI is InChI=1S/C26H31N5O6S/c1-17-15-37-12-11-31(17)24-14-20(16-38(4,33)34)27-25(30-24)18-5-10-22(23(13-18)36-3)29-26(32)28-19-6-8-21(35-2)9-7-19/h5-10,13-14,17H,11-12,15-16H2,1-4H3,(H2,28,29,32)/t17-/m0/s1. The Balaban J connectivity index is 1.61. The molecule has 1 saturated heterocycles. The van der Waals surface area contributed by atoms with Crippen molar-refractivity contribution in [3.8, 4) is 22.9 Å². The predicted octanol–water partition coefficient (Wildman–Crippen LogP) is 3.57. The van der Waals surface area contributed by atoms with E-state index in [1.807, 2.05) is 6.92 Å². The number of hydrogen-bond donors (Lipinski definition) is 2. The number of nitrogens with zero attached hydrogens (tertiary/aromatic N) is 3. The van der Waals surface area contributed by atoms with Crippen LogP contribution in [-0.2, 0) is 20.3 Å². The van der Waals surface area contributed by atoms with Crippen molar-refractivity contribution in [2.75, 3.05) is 55.8 Å². The number of nitrogens with one attached hydrogen (secondary N) is 2. The smallest absolute Gasteiger partial charge is 0.323 e. The van der Waals surface area contributed by atoms with Crippen LogP contribution in [0.25, 0.3) is 11.4 Å². The highest BCUT2D eigenvalue weighted by atomic mass is 32.2. The molecular weight excluding hydrogens is 510 g/mol. The fourth-order valence-electron chi connectivity index (χ4n) is 4.06. The number of sulfone groups is 1. The minimum Gasteiger partial charge on any atom is -0.497 e. The van der Waals surface area contributed by atoms with Gasteiger partial charge in [-0.3, -0.25) is 0 Å². The first kappa shape index (κ1) is 27.1. The zero-order valence-electron chi connectivity index (χ0n) is 21.7. The molecule has 0 saturated carbocycles. The van der Waals surface area contributed by atoms with E-state index in [1.165, 1.54) is 13.4 Å². The van der Waals surface area contributed by atoms with Gasteiger partial charge in [-0.2, -0.15) is 0 Å². The van der Waals surface area contributed by atoms with Crippen molar-refractivity contribution in [3.63, 3.8) is 0 Å². The second-order valence-electron chi connectivity index (χ2n) is 8.95. The van der Waals surface area contributed by atoms with Crippen LogP contribution in [0, 0.1) is 0 Å². The molecule has 2 aromatic carbocycles. The van der Waals surface area contributed by atoms with Gasteiger partial charge in [0.2, 0.25) is 0 Å². The van der Waals surface area contributed by atoms with E-state index in [0.717, 1.165) is 0 Å². The molecule has 0 aliphatic carbocycles. The van der Waals surface area contributed by atoms with Crippen LogP contribution in [0.3, 0.4) is 0 Å². The van der Waals surface area contributed by atoms with Gasteiger partial charge >= 0.3 is 6.03 Å². The molecule has 4 rings (SSSR count). The fourth-order valence-corrected chi connectivity index (χ4v) is 4.75. The van der Waals surface area contributed by atoms with E-state index in [9.17, 15) is 13.2 Å². The van der Waals surface area contributed by atoms with Gasteiger partial charge in [-0.05, 0) is 49.4 Å². The summed E-state index contributed by atoms with van der Waals surface area (Å²) in [6.07, 6.45) is 1.17. The summed E-state index contributed by atoms with van der Waals surface area (Å²) in [6, 6.07) is 13.4. The summed E-state index contributed by atoms with van der Waals surface area (Å²) in [7, 11) is -0.255. The molecule has 1 fully saturated rings. The maximum atomic E-state index is 12.6. The van der Waals surface area contributed by atoms with Crippen LogP contribution in [0.1, 0.15) is 12.6 Å². The van der Waals surface area contributed by atoms with Crippen molar-refractivity contribution in [1.29, 1.82) is 0 Å². The van der Waals surface area contributed by atoms with Crippen molar-refractivity contribution < 1.29 is 27.4 Å². The third-order valence-electron chi connectivity index (χ3n) is 5.89. The molecule has 1 aromatic heterocycles. The molecule has 38 heavy (non-hydrogen) atoms. The lowest BCUT2D eigenvalue weighted by molar-refractivity contribution is 0.0985. The number of methoxy groups -OCH3 is 2. The number of rotatable bonds is 8. The number of urea groups is 1. The molecule has 12 heteroatoms. The maximum absolute atomic E-state index is 12.6. The summed E-state index contributed by atoms with van der Waals surface area (Å²) < 4.78 is 40.3. The third-order valence-corrected chi connectivity index (χ3v) is 6.71. The molecule has 1 aliphatic heterocycles.